The van der Waals surface area contributed by atoms with E-state index in [1.54, 1.807) is 0 Å². The Morgan fingerprint density at radius 3 is 2.67 bits per heavy atom. The van der Waals surface area contributed by atoms with Crippen LogP contribution in [0.4, 0.5) is 0 Å². The van der Waals surface area contributed by atoms with E-state index in [0.717, 1.165) is 5.92 Å². The van der Waals surface area contributed by atoms with Gasteiger partial charge in [0.05, 0.1) is 0 Å². The predicted octanol–water partition coefficient (Wildman–Crippen LogP) is 3.20. The van der Waals surface area contributed by atoms with Crippen LogP contribution >= 0.6 is 0 Å². The highest BCUT2D eigenvalue weighted by Gasteiger charge is 1.94. The lowest BCUT2D eigenvalue weighted by atomic mass is 10.0. The molecule has 0 nitrogen and oxygen atoms in total. The summed E-state index contributed by atoms with van der Waals surface area (Å²) in [6, 6.07) is 0. The molecule has 0 N–H and O–H groups in total. The summed E-state index contributed by atoms with van der Waals surface area (Å²) in [5.41, 5.74) is 0. The molecule has 0 aliphatic heterocycles. The Kier molecular flexibility index (Phi) is 5.70. The summed E-state index contributed by atoms with van der Waals surface area (Å²) in [6.45, 7) is 8.15. The van der Waals surface area contributed by atoms with E-state index < -0.39 is 0 Å². The van der Waals surface area contributed by atoms with Crippen LogP contribution in [0.25, 0.3) is 0 Å². The third kappa shape index (κ3) is 5.61. The number of allylic oxidation sites excluding steroid dienone is 2. The van der Waals surface area contributed by atoms with Crippen LogP contribution in [0.3, 0.4) is 0 Å². The summed E-state index contributed by atoms with van der Waals surface area (Å²) >= 11 is 0. The largest absolute Gasteiger partial charge is 0.0883 e. The Balaban J connectivity index is 3.15. The van der Waals surface area contributed by atoms with Gasteiger partial charge in [0.1, 0.15) is 0 Å². The van der Waals surface area contributed by atoms with Crippen molar-refractivity contribution in [2.45, 2.75) is 33.1 Å². The molecule has 0 saturated heterocycles. The minimum atomic E-state index is 0.841. The van der Waals surface area contributed by atoms with Gasteiger partial charge in [-0.2, -0.15) is 0 Å². The topological polar surface area (TPSA) is 0 Å². The summed E-state index contributed by atoms with van der Waals surface area (Å²) in [4.78, 5) is 0. The first-order valence-electron chi connectivity index (χ1n) is 3.75. The summed E-state index contributed by atoms with van der Waals surface area (Å²) in [5, 5.41) is 0. The molecule has 53 valence electrons. The van der Waals surface area contributed by atoms with Gasteiger partial charge in [-0.15, -0.1) is 0 Å². The first-order chi connectivity index (χ1) is 4.31. The van der Waals surface area contributed by atoms with E-state index in [1.807, 2.05) is 6.08 Å². The molecule has 0 heterocycles. The lowest BCUT2D eigenvalue weighted by molar-refractivity contribution is 0.532. The highest BCUT2D eigenvalue weighted by molar-refractivity contribution is 4.84. The van der Waals surface area contributed by atoms with Crippen LogP contribution < -0.4 is 0 Å². The lowest BCUT2D eigenvalue weighted by Gasteiger charge is -2.04. The van der Waals surface area contributed by atoms with Crippen LogP contribution in [0.2, 0.25) is 0 Å². The molecule has 0 aromatic heterocycles. The van der Waals surface area contributed by atoms with Crippen molar-refractivity contribution in [3.8, 4) is 0 Å². The third-order valence-electron chi connectivity index (χ3n) is 1.49. The monoisotopic (exact) mass is 125 g/mol. The first kappa shape index (κ1) is 8.74. The molecule has 1 unspecified atom stereocenters. The predicted molar refractivity (Wildman–Crippen MR) is 43.2 cm³/mol. The molecule has 0 spiro atoms. The van der Waals surface area contributed by atoms with Crippen molar-refractivity contribution in [1.82, 2.24) is 0 Å². The molecule has 9 heavy (non-hydrogen) atoms. The van der Waals surface area contributed by atoms with E-state index in [1.165, 1.54) is 19.3 Å². The van der Waals surface area contributed by atoms with Gasteiger partial charge in [-0.1, -0.05) is 38.8 Å². The third-order valence-corrected chi connectivity index (χ3v) is 1.49. The van der Waals surface area contributed by atoms with Crippen LogP contribution in [0.1, 0.15) is 33.1 Å². The number of hydrogen-bond acceptors (Lipinski definition) is 0. The Morgan fingerprint density at radius 2 is 2.22 bits per heavy atom. The van der Waals surface area contributed by atoms with Gasteiger partial charge in [0.2, 0.25) is 0 Å². The van der Waals surface area contributed by atoms with Gasteiger partial charge in [-0.25, -0.2) is 0 Å². The highest BCUT2D eigenvalue weighted by Crippen LogP contribution is 2.09. The van der Waals surface area contributed by atoms with Crippen molar-refractivity contribution in [2.75, 3.05) is 0 Å². The molecule has 0 rings (SSSR count). The van der Waals surface area contributed by atoms with E-state index in [2.05, 4.69) is 26.8 Å². The maximum Gasteiger partial charge on any atom is -0.0316 e. The minimum Gasteiger partial charge on any atom is -0.0883 e. The smallest absolute Gasteiger partial charge is 0.0316 e. The second-order valence-corrected chi connectivity index (χ2v) is 2.60. The van der Waals surface area contributed by atoms with Gasteiger partial charge >= 0.3 is 0 Å². The molecule has 1 radical (unpaired) electrons. The van der Waals surface area contributed by atoms with E-state index in [-0.39, 0.29) is 0 Å². The van der Waals surface area contributed by atoms with E-state index >= 15 is 0 Å². The zero-order chi connectivity index (χ0) is 7.11. The van der Waals surface area contributed by atoms with Gasteiger partial charge in [0.15, 0.2) is 0 Å². The average Bonchev–Trinajstić information content (AvgIpc) is 1.85. The van der Waals surface area contributed by atoms with E-state index in [4.69, 9.17) is 0 Å². The molecule has 1 atom stereocenters. The Hall–Kier alpha value is -0.260. The minimum absolute atomic E-state index is 0.841. The SMILES string of the molecule is [CH2]C=CCC(C)CCC. The zero-order valence-electron chi connectivity index (χ0n) is 6.56. The first-order valence-corrected chi connectivity index (χ1v) is 3.75. The lowest BCUT2D eigenvalue weighted by Crippen LogP contribution is -1.89. The average molecular weight is 125 g/mol. The van der Waals surface area contributed by atoms with Gasteiger partial charge in [-0.3, -0.25) is 0 Å². The van der Waals surface area contributed by atoms with Crippen molar-refractivity contribution in [2.24, 2.45) is 5.92 Å². The fourth-order valence-corrected chi connectivity index (χ4v) is 0.939. The summed E-state index contributed by atoms with van der Waals surface area (Å²) in [6.07, 6.45) is 7.85. The maximum atomic E-state index is 3.64. The molecule has 0 amide bonds. The van der Waals surface area contributed by atoms with Gasteiger partial charge in [-0.05, 0) is 19.3 Å². The van der Waals surface area contributed by atoms with Crippen LogP contribution in [0.15, 0.2) is 12.2 Å². The second kappa shape index (κ2) is 5.87. The van der Waals surface area contributed by atoms with Crippen molar-refractivity contribution in [3.05, 3.63) is 19.1 Å². The fraction of sp³-hybridized carbons (Fsp3) is 0.667. The summed E-state index contributed by atoms with van der Waals surface area (Å²) in [5.74, 6) is 0.841. The van der Waals surface area contributed by atoms with Crippen molar-refractivity contribution < 1.29 is 0 Å². The Bertz CT molecular complexity index is 72.1. The summed E-state index contributed by atoms with van der Waals surface area (Å²) < 4.78 is 0. The van der Waals surface area contributed by atoms with Crippen molar-refractivity contribution in [3.63, 3.8) is 0 Å². The molecule has 0 saturated carbocycles. The zero-order valence-corrected chi connectivity index (χ0v) is 6.56. The molecule has 0 aromatic rings. The number of rotatable bonds is 4. The standard InChI is InChI=1S/C9H17/c1-4-6-8-9(3)7-5-2/h4,6,9H,1,5,7-8H2,2-3H3. The van der Waals surface area contributed by atoms with E-state index in [0.29, 0.717) is 0 Å². The van der Waals surface area contributed by atoms with Crippen LogP contribution in [-0.2, 0) is 0 Å². The summed E-state index contributed by atoms with van der Waals surface area (Å²) in [7, 11) is 0. The number of hydrogen-bond donors (Lipinski definition) is 0. The molecule has 0 aromatic carbocycles. The normalized spacial score (nSPS) is 14.6. The molecule has 0 heteroatoms. The molecule has 0 fully saturated rings. The Morgan fingerprint density at radius 1 is 1.56 bits per heavy atom. The van der Waals surface area contributed by atoms with E-state index in [9.17, 15) is 0 Å². The molecular weight excluding hydrogens is 108 g/mol. The molecule has 0 aliphatic carbocycles. The fourth-order valence-electron chi connectivity index (χ4n) is 0.939. The molecule has 0 bridgehead atoms. The highest BCUT2D eigenvalue weighted by atomic mass is 14.0. The van der Waals surface area contributed by atoms with Crippen molar-refractivity contribution >= 4 is 0 Å². The molecule has 0 aliphatic rings. The van der Waals surface area contributed by atoms with Crippen LogP contribution in [0.5, 0.6) is 0 Å². The quantitative estimate of drug-likeness (QED) is 0.541. The Labute approximate surface area is 59.0 Å². The van der Waals surface area contributed by atoms with Gasteiger partial charge in [0, 0.05) is 0 Å². The second-order valence-electron chi connectivity index (χ2n) is 2.60. The molecular formula is C9H17. The van der Waals surface area contributed by atoms with Gasteiger partial charge in [0.25, 0.3) is 0 Å². The van der Waals surface area contributed by atoms with Crippen LogP contribution in [0, 0.1) is 12.8 Å². The van der Waals surface area contributed by atoms with Gasteiger partial charge < -0.3 is 0 Å². The van der Waals surface area contributed by atoms with Crippen LogP contribution in [-0.4, -0.2) is 0 Å². The van der Waals surface area contributed by atoms with Crippen molar-refractivity contribution in [1.29, 1.82) is 0 Å². The maximum absolute atomic E-state index is 3.64.